The van der Waals surface area contributed by atoms with Crippen molar-refractivity contribution in [2.75, 3.05) is 19.0 Å². The number of para-hydroxylation sites is 1. The molecule has 2 aromatic carbocycles. The Labute approximate surface area is 247 Å². The van der Waals surface area contributed by atoms with Crippen molar-refractivity contribution in [3.8, 4) is 11.4 Å². The molecule has 1 fully saturated rings. The average molecular weight is 589 g/mol. The van der Waals surface area contributed by atoms with E-state index in [0.29, 0.717) is 16.5 Å². The second kappa shape index (κ2) is 12.0. The number of hydrogen-bond acceptors (Lipinski definition) is 6. The van der Waals surface area contributed by atoms with Crippen LogP contribution in [0.4, 0.5) is 15.8 Å². The number of thiocarbonyl (C=S) groups is 1. The first-order valence-electron chi connectivity index (χ1n) is 13.2. The lowest BCUT2D eigenvalue weighted by Crippen LogP contribution is -2.33. The number of ether oxygens (including phenoxy) is 1. The van der Waals surface area contributed by atoms with Crippen molar-refractivity contribution in [3.63, 3.8) is 0 Å². The van der Waals surface area contributed by atoms with Crippen LogP contribution in [0, 0.1) is 29.8 Å². The highest BCUT2D eigenvalue weighted by Gasteiger charge is 2.41. The molecule has 1 amide bonds. The Morgan fingerprint density at radius 1 is 1.17 bits per heavy atom. The van der Waals surface area contributed by atoms with Crippen LogP contribution in [0.3, 0.4) is 0 Å². The summed E-state index contributed by atoms with van der Waals surface area (Å²) >= 11 is 5.76. The normalized spacial score (nSPS) is 16.3. The molecule has 2 N–H and O–H groups in total. The molecule has 1 aliphatic heterocycles. The first kappa shape index (κ1) is 28.7. The Morgan fingerprint density at radius 2 is 1.93 bits per heavy atom. The van der Waals surface area contributed by atoms with E-state index >= 15 is 0 Å². The van der Waals surface area contributed by atoms with Crippen LogP contribution in [-0.2, 0) is 4.79 Å². The third-order valence-electron chi connectivity index (χ3n) is 7.33. The van der Waals surface area contributed by atoms with Crippen molar-refractivity contribution in [2.45, 2.75) is 32.4 Å². The van der Waals surface area contributed by atoms with Gasteiger partial charge in [-0.05, 0) is 68.0 Å². The number of aromatic nitrogens is 2. The summed E-state index contributed by atoms with van der Waals surface area (Å²) in [6, 6.07) is 17.6. The summed E-state index contributed by atoms with van der Waals surface area (Å²) in [4.78, 5) is 30.3. The van der Waals surface area contributed by atoms with Crippen LogP contribution in [0.2, 0.25) is 0 Å². The summed E-state index contributed by atoms with van der Waals surface area (Å²) < 4.78 is 21.6. The van der Waals surface area contributed by atoms with Crippen LogP contribution in [0.1, 0.15) is 41.1 Å². The summed E-state index contributed by atoms with van der Waals surface area (Å²) in [6.45, 7) is 4.17. The fourth-order valence-corrected chi connectivity index (χ4v) is 5.74. The molecular formula is C30H29FN6O4S. The monoisotopic (exact) mass is 588 g/mol. The maximum Gasteiger partial charge on any atom is 0.273 e. The maximum atomic E-state index is 14.1. The molecule has 1 aliphatic rings. The smallest absolute Gasteiger partial charge is 0.273 e. The van der Waals surface area contributed by atoms with Crippen molar-refractivity contribution in [1.82, 2.24) is 19.8 Å². The van der Waals surface area contributed by atoms with Gasteiger partial charge in [0.2, 0.25) is 5.91 Å². The van der Waals surface area contributed by atoms with Gasteiger partial charge in [-0.2, -0.15) is 0 Å². The average Bonchev–Trinajstić information content (AvgIpc) is 3.47. The van der Waals surface area contributed by atoms with E-state index < -0.39 is 10.7 Å². The second-order valence-corrected chi connectivity index (χ2v) is 10.3. The minimum absolute atomic E-state index is 0.0660. The van der Waals surface area contributed by atoms with Gasteiger partial charge in [0.05, 0.1) is 47.3 Å². The lowest BCUT2D eigenvalue weighted by atomic mass is 9.96. The topological polar surface area (TPSA) is 115 Å². The summed E-state index contributed by atoms with van der Waals surface area (Å²) in [5.41, 5.74) is 4.17. The lowest BCUT2D eigenvalue weighted by molar-refractivity contribution is -0.384. The van der Waals surface area contributed by atoms with E-state index in [9.17, 15) is 19.3 Å². The van der Waals surface area contributed by atoms with Crippen LogP contribution in [0.5, 0.6) is 5.75 Å². The number of carbonyl (C=O) groups is 1. The Morgan fingerprint density at radius 3 is 2.62 bits per heavy atom. The molecule has 0 aliphatic carbocycles. The number of rotatable bonds is 9. The zero-order valence-electron chi connectivity index (χ0n) is 23.2. The van der Waals surface area contributed by atoms with Gasteiger partial charge in [0.25, 0.3) is 5.69 Å². The van der Waals surface area contributed by atoms with Crippen molar-refractivity contribution >= 4 is 34.6 Å². The Kier molecular flexibility index (Phi) is 8.16. The van der Waals surface area contributed by atoms with Gasteiger partial charge in [0.1, 0.15) is 11.6 Å². The van der Waals surface area contributed by atoms with E-state index in [4.69, 9.17) is 17.0 Å². The number of amides is 1. The van der Waals surface area contributed by atoms with Crippen molar-refractivity contribution in [1.29, 1.82) is 0 Å². The molecule has 2 atom stereocenters. The zero-order valence-corrected chi connectivity index (χ0v) is 24.0. The molecule has 4 aromatic rings. The fourth-order valence-electron chi connectivity index (χ4n) is 5.40. The number of nitrogens with zero attached hydrogens (tertiary/aromatic N) is 4. The molecule has 1 saturated heterocycles. The first-order valence-corrected chi connectivity index (χ1v) is 13.6. The molecule has 10 nitrogen and oxygen atoms in total. The highest BCUT2D eigenvalue weighted by Crippen LogP contribution is 2.42. The van der Waals surface area contributed by atoms with Gasteiger partial charge < -0.3 is 24.8 Å². The molecule has 12 heteroatoms. The van der Waals surface area contributed by atoms with E-state index in [1.165, 1.54) is 31.4 Å². The molecule has 0 spiro atoms. The van der Waals surface area contributed by atoms with Gasteiger partial charge in [0.15, 0.2) is 5.11 Å². The molecule has 3 heterocycles. The summed E-state index contributed by atoms with van der Waals surface area (Å²) in [6.07, 6.45) is 1.78. The van der Waals surface area contributed by atoms with E-state index in [1.807, 2.05) is 47.6 Å². The lowest BCUT2D eigenvalue weighted by Gasteiger charge is -2.28. The van der Waals surface area contributed by atoms with Gasteiger partial charge in [-0.15, -0.1) is 0 Å². The number of nitro groups is 1. The Bertz CT molecular complexity index is 1660. The van der Waals surface area contributed by atoms with Gasteiger partial charge in [-0.1, -0.05) is 18.2 Å². The second-order valence-electron chi connectivity index (χ2n) is 9.87. The molecule has 0 saturated carbocycles. The predicted molar refractivity (Wildman–Crippen MR) is 160 cm³/mol. The van der Waals surface area contributed by atoms with E-state index in [0.717, 1.165) is 22.6 Å². The molecule has 2 aromatic heterocycles. The maximum absolute atomic E-state index is 14.1. The number of non-ortho nitro benzene ring substituents is 1. The van der Waals surface area contributed by atoms with Crippen LogP contribution in [0.25, 0.3) is 5.69 Å². The third kappa shape index (κ3) is 5.53. The number of pyridine rings is 1. The van der Waals surface area contributed by atoms with Gasteiger partial charge in [0, 0.05) is 36.6 Å². The molecular weight excluding hydrogens is 559 g/mol. The predicted octanol–water partition coefficient (Wildman–Crippen LogP) is 5.55. The standard InChI is InChI=1S/C30H29FN6O4S/c1-18-16-21(19(2)36(18)25-12-11-20(37(39)40)17-26(25)41-3)29-28(24-10-6-7-14-32-24)34-30(42)35(29)15-13-27(38)33-23-9-5-4-8-22(23)31/h4-12,14,16-17,28-29H,13,15H2,1-3H3,(H,33,38)(H,34,42)/t28-,29+/m1/s1. The summed E-state index contributed by atoms with van der Waals surface area (Å²) in [5.74, 6) is -0.490. The number of nitrogens with one attached hydrogen (secondary N) is 2. The van der Waals surface area contributed by atoms with E-state index in [-0.39, 0.29) is 42.3 Å². The number of benzene rings is 2. The minimum Gasteiger partial charge on any atom is -0.494 e. The summed E-state index contributed by atoms with van der Waals surface area (Å²) in [5, 5.41) is 17.8. The fraction of sp³-hybridized carbons (Fsp3) is 0.233. The number of methoxy groups -OCH3 is 1. The molecule has 216 valence electrons. The van der Waals surface area contributed by atoms with Crippen LogP contribution >= 0.6 is 12.2 Å². The molecule has 0 unspecified atom stereocenters. The van der Waals surface area contributed by atoms with E-state index in [1.54, 1.807) is 24.4 Å². The Hall–Kier alpha value is -4.84. The van der Waals surface area contributed by atoms with E-state index in [2.05, 4.69) is 15.6 Å². The first-order chi connectivity index (χ1) is 20.2. The SMILES string of the molecule is COc1cc([N+](=O)[O-])ccc1-n1c(C)cc([C@H]2[C@@H](c3ccccn3)NC(=S)N2CCC(=O)Nc2ccccc2F)c1C. The number of carbonyl (C=O) groups excluding carboxylic acids is 1. The van der Waals surface area contributed by atoms with Gasteiger partial charge in [-0.25, -0.2) is 4.39 Å². The number of nitro benzene ring substituents is 1. The van der Waals surface area contributed by atoms with Crippen LogP contribution < -0.4 is 15.4 Å². The third-order valence-corrected chi connectivity index (χ3v) is 7.68. The highest BCUT2D eigenvalue weighted by atomic mass is 32.1. The molecule has 0 radical (unpaired) electrons. The van der Waals surface area contributed by atoms with Crippen LogP contribution in [-0.4, -0.2) is 44.0 Å². The Balaban J connectivity index is 1.51. The molecule has 42 heavy (non-hydrogen) atoms. The van der Waals surface area contributed by atoms with Gasteiger partial charge in [-0.3, -0.25) is 19.9 Å². The number of hydrogen-bond donors (Lipinski definition) is 2. The number of halogens is 1. The molecule has 5 rings (SSSR count). The zero-order chi connectivity index (χ0) is 30.0. The largest absolute Gasteiger partial charge is 0.494 e. The van der Waals surface area contributed by atoms with Crippen molar-refractivity contribution < 1.29 is 18.8 Å². The van der Waals surface area contributed by atoms with Crippen molar-refractivity contribution in [3.05, 3.63) is 112 Å². The number of anilines is 1. The van der Waals surface area contributed by atoms with Crippen molar-refractivity contribution in [2.24, 2.45) is 0 Å². The number of aryl methyl sites for hydroxylation is 1. The minimum atomic E-state index is -0.508. The highest BCUT2D eigenvalue weighted by molar-refractivity contribution is 7.80. The quantitative estimate of drug-likeness (QED) is 0.149. The van der Waals surface area contributed by atoms with Gasteiger partial charge >= 0.3 is 0 Å². The van der Waals surface area contributed by atoms with Crippen LogP contribution in [0.15, 0.2) is 72.9 Å². The molecule has 0 bridgehead atoms. The summed E-state index contributed by atoms with van der Waals surface area (Å²) in [7, 11) is 1.47.